The topological polar surface area (TPSA) is 97.4 Å². The number of hydrogen-bond acceptors (Lipinski definition) is 5. The summed E-state index contributed by atoms with van der Waals surface area (Å²) in [5.74, 6) is -1.43. The third-order valence-corrected chi connectivity index (χ3v) is 5.14. The number of pyridine rings is 1. The van der Waals surface area contributed by atoms with Crippen LogP contribution in [-0.4, -0.2) is 31.5 Å². The minimum atomic E-state index is -3.96. The van der Waals surface area contributed by atoms with E-state index in [0.29, 0.717) is 18.2 Å². The number of rotatable bonds is 9. The number of aromatic nitrogens is 1. The van der Waals surface area contributed by atoms with E-state index in [2.05, 4.69) is 21.6 Å². The Morgan fingerprint density at radius 2 is 2.00 bits per heavy atom. The lowest BCUT2D eigenvalue weighted by molar-refractivity contribution is -0.120. The molecule has 9 heteroatoms. The molecule has 0 aliphatic heterocycles. The van der Waals surface area contributed by atoms with Crippen LogP contribution in [0.2, 0.25) is 0 Å². The highest BCUT2D eigenvalue weighted by molar-refractivity contribution is 7.88. The molecular weight excluding hydrogens is 385 g/mol. The Morgan fingerprint density at radius 3 is 2.61 bits per heavy atom. The molecule has 0 saturated carbocycles. The van der Waals surface area contributed by atoms with Crippen molar-refractivity contribution in [2.24, 2.45) is 0 Å². The Labute approximate surface area is 163 Å². The fourth-order valence-electron chi connectivity index (χ4n) is 2.26. The second-order valence-electron chi connectivity index (χ2n) is 6.52. The standard InChI is InChI=1S/C19H22FN3O4S/c1-4-11-27-17-10-9-15(12-21-17)22-18(24)19(2,3)23-28(25,26)13-14-7-5-6-8-16(14)20/h4-10,12,23H,1,11,13H2,2-3H3,(H,22,24). The lowest BCUT2D eigenvalue weighted by Gasteiger charge is -2.25. The average molecular weight is 407 g/mol. The number of hydrogen-bond donors (Lipinski definition) is 2. The van der Waals surface area contributed by atoms with Crippen LogP contribution in [0.15, 0.2) is 55.3 Å². The van der Waals surface area contributed by atoms with Gasteiger partial charge in [0, 0.05) is 11.6 Å². The highest BCUT2D eigenvalue weighted by Gasteiger charge is 2.33. The maximum absolute atomic E-state index is 13.7. The van der Waals surface area contributed by atoms with Crippen LogP contribution in [0.1, 0.15) is 19.4 Å². The Kier molecular flexibility index (Phi) is 6.87. The van der Waals surface area contributed by atoms with Gasteiger partial charge in [0.25, 0.3) is 0 Å². The van der Waals surface area contributed by atoms with Gasteiger partial charge in [0.05, 0.1) is 17.6 Å². The van der Waals surface area contributed by atoms with Gasteiger partial charge in [-0.1, -0.05) is 30.9 Å². The summed E-state index contributed by atoms with van der Waals surface area (Å²) in [5, 5.41) is 2.59. The SMILES string of the molecule is C=CCOc1ccc(NC(=O)C(C)(C)NS(=O)(=O)Cc2ccccc2F)cn1. The van der Waals surface area contributed by atoms with E-state index in [9.17, 15) is 17.6 Å². The maximum atomic E-state index is 13.7. The molecular formula is C19H22FN3O4S. The van der Waals surface area contributed by atoms with Crippen molar-refractivity contribution in [2.45, 2.75) is 25.1 Å². The molecule has 0 spiro atoms. The highest BCUT2D eigenvalue weighted by atomic mass is 32.2. The zero-order chi connectivity index (χ0) is 20.8. The molecule has 1 aromatic heterocycles. The van der Waals surface area contributed by atoms with Crippen molar-refractivity contribution in [3.05, 3.63) is 66.6 Å². The van der Waals surface area contributed by atoms with Crippen molar-refractivity contribution in [2.75, 3.05) is 11.9 Å². The molecule has 2 N–H and O–H groups in total. The van der Waals surface area contributed by atoms with E-state index in [0.717, 1.165) is 0 Å². The van der Waals surface area contributed by atoms with E-state index in [1.807, 2.05) is 0 Å². The fourth-order valence-corrected chi connectivity index (χ4v) is 3.85. The zero-order valence-electron chi connectivity index (χ0n) is 15.6. The number of nitrogens with one attached hydrogen (secondary N) is 2. The number of carbonyl (C=O) groups excluding carboxylic acids is 1. The molecule has 7 nitrogen and oxygen atoms in total. The number of halogens is 1. The number of amides is 1. The Balaban J connectivity index is 2.03. The Hall–Kier alpha value is -2.78. The summed E-state index contributed by atoms with van der Waals surface area (Å²) in [5.41, 5.74) is -1.08. The fraction of sp³-hybridized carbons (Fsp3) is 0.263. The minimum absolute atomic E-state index is 0.0190. The van der Waals surface area contributed by atoms with Crippen LogP contribution in [0.25, 0.3) is 0 Å². The van der Waals surface area contributed by atoms with E-state index >= 15 is 0 Å². The Bertz CT molecular complexity index is 944. The quantitative estimate of drug-likeness (QED) is 0.623. The smallest absolute Gasteiger partial charge is 0.245 e. The van der Waals surface area contributed by atoms with Gasteiger partial charge in [-0.15, -0.1) is 0 Å². The zero-order valence-corrected chi connectivity index (χ0v) is 16.4. The van der Waals surface area contributed by atoms with Gasteiger partial charge >= 0.3 is 0 Å². The van der Waals surface area contributed by atoms with Gasteiger partial charge in [-0.25, -0.2) is 17.8 Å². The summed E-state index contributed by atoms with van der Waals surface area (Å²) in [6.07, 6.45) is 2.97. The summed E-state index contributed by atoms with van der Waals surface area (Å²) in [7, 11) is -3.96. The molecule has 1 amide bonds. The first-order valence-corrected chi connectivity index (χ1v) is 10.0. The van der Waals surface area contributed by atoms with Crippen molar-refractivity contribution in [3.63, 3.8) is 0 Å². The molecule has 0 unspecified atom stereocenters. The summed E-state index contributed by atoms with van der Waals surface area (Å²) >= 11 is 0. The van der Waals surface area contributed by atoms with Crippen molar-refractivity contribution in [3.8, 4) is 5.88 Å². The lowest BCUT2D eigenvalue weighted by Crippen LogP contribution is -2.52. The predicted octanol–water partition coefficient (Wildman–Crippen LogP) is 2.62. The maximum Gasteiger partial charge on any atom is 0.245 e. The molecule has 0 atom stereocenters. The first kappa shape index (κ1) is 21.5. The van der Waals surface area contributed by atoms with E-state index in [1.165, 1.54) is 38.2 Å². The first-order chi connectivity index (χ1) is 13.1. The van der Waals surface area contributed by atoms with Crippen LogP contribution >= 0.6 is 0 Å². The first-order valence-electron chi connectivity index (χ1n) is 8.39. The van der Waals surface area contributed by atoms with Gasteiger partial charge in [0.15, 0.2) is 0 Å². The molecule has 1 aromatic carbocycles. The van der Waals surface area contributed by atoms with Crippen LogP contribution in [0.3, 0.4) is 0 Å². The monoisotopic (exact) mass is 407 g/mol. The Morgan fingerprint density at radius 1 is 1.29 bits per heavy atom. The molecule has 2 rings (SSSR count). The van der Waals surface area contributed by atoms with E-state index < -0.39 is 33.0 Å². The van der Waals surface area contributed by atoms with Crippen LogP contribution in [0.4, 0.5) is 10.1 Å². The third kappa shape index (κ3) is 6.14. The van der Waals surface area contributed by atoms with E-state index in [1.54, 1.807) is 24.3 Å². The second kappa shape index (κ2) is 8.94. The van der Waals surface area contributed by atoms with Crippen molar-refractivity contribution in [1.29, 1.82) is 0 Å². The van der Waals surface area contributed by atoms with Crippen molar-refractivity contribution >= 4 is 21.6 Å². The number of ether oxygens (including phenoxy) is 1. The average Bonchev–Trinajstić information content (AvgIpc) is 2.62. The largest absolute Gasteiger partial charge is 0.473 e. The second-order valence-corrected chi connectivity index (χ2v) is 8.24. The highest BCUT2D eigenvalue weighted by Crippen LogP contribution is 2.16. The number of anilines is 1. The molecule has 0 radical (unpaired) electrons. The number of sulfonamides is 1. The summed E-state index contributed by atoms with van der Waals surface area (Å²) in [6, 6.07) is 8.71. The molecule has 150 valence electrons. The summed E-state index contributed by atoms with van der Waals surface area (Å²) in [6.45, 7) is 6.66. The molecule has 0 saturated heterocycles. The lowest BCUT2D eigenvalue weighted by atomic mass is 10.1. The molecule has 0 aliphatic rings. The minimum Gasteiger partial charge on any atom is -0.473 e. The van der Waals surface area contributed by atoms with Crippen LogP contribution < -0.4 is 14.8 Å². The number of benzene rings is 1. The molecule has 2 aromatic rings. The normalized spacial score (nSPS) is 11.7. The summed E-state index contributed by atoms with van der Waals surface area (Å²) in [4.78, 5) is 16.5. The summed E-state index contributed by atoms with van der Waals surface area (Å²) < 4.78 is 46.0. The van der Waals surface area contributed by atoms with Gasteiger partial charge in [-0.05, 0) is 26.0 Å². The molecule has 0 bridgehead atoms. The van der Waals surface area contributed by atoms with Crippen LogP contribution in [0, 0.1) is 5.82 Å². The molecule has 0 fully saturated rings. The molecule has 28 heavy (non-hydrogen) atoms. The van der Waals surface area contributed by atoms with Gasteiger partial charge in [-0.3, -0.25) is 4.79 Å². The van der Waals surface area contributed by atoms with Gasteiger partial charge in [-0.2, -0.15) is 4.72 Å². The molecule has 0 aliphatic carbocycles. The van der Waals surface area contributed by atoms with Crippen molar-refractivity contribution in [1.82, 2.24) is 9.71 Å². The van der Waals surface area contributed by atoms with Gasteiger partial charge in [0.2, 0.25) is 21.8 Å². The third-order valence-electron chi connectivity index (χ3n) is 3.62. The van der Waals surface area contributed by atoms with Gasteiger partial charge < -0.3 is 10.1 Å². The van der Waals surface area contributed by atoms with Gasteiger partial charge in [0.1, 0.15) is 18.0 Å². The molecule has 1 heterocycles. The predicted molar refractivity (Wildman–Crippen MR) is 105 cm³/mol. The van der Waals surface area contributed by atoms with Crippen LogP contribution in [-0.2, 0) is 20.6 Å². The van der Waals surface area contributed by atoms with E-state index in [4.69, 9.17) is 4.74 Å². The van der Waals surface area contributed by atoms with Crippen molar-refractivity contribution < 1.29 is 22.3 Å². The van der Waals surface area contributed by atoms with E-state index in [-0.39, 0.29) is 5.56 Å². The number of carbonyl (C=O) groups is 1. The van der Waals surface area contributed by atoms with Crippen LogP contribution in [0.5, 0.6) is 5.88 Å². The number of nitrogens with zero attached hydrogens (tertiary/aromatic N) is 1.